The van der Waals surface area contributed by atoms with Gasteiger partial charge in [-0.15, -0.1) is 0 Å². The standard InChI is InChI=1S/C22H17F2NO/c1-2-16-5-11-20(12-6-16)22(23,24)26-21-13-9-19(10-14-21)18-7-3-17(15-25)4-8-18/h3-14H,2H2,1H3. The zero-order valence-corrected chi connectivity index (χ0v) is 14.2. The van der Waals surface area contributed by atoms with E-state index in [1.807, 2.05) is 19.1 Å². The van der Waals surface area contributed by atoms with Gasteiger partial charge >= 0.3 is 6.11 Å². The van der Waals surface area contributed by atoms with Crippen molar-refractivity contribution in [2.24, 2.45) is 0 Å². The molecule has 0 fully saturated rings. The van der Waals surface area contributed by atoms with Gasteiger partial charge in [0.15, 0.2) is 0 Å². The molecule has 0 aliphatic rings. The number of benzene rings is 3. The minimum Gasteiger partial charge on any atom is -0.429 e. The van der Waals surface area contributed by atoms with Gasteiger partial charge in [-0.3, -0.25) is 0 Å². The Morgan fingerprint density at radius 2 is 1.38 bits per heavy atom. The lowest BCUT2D eigenvalue weighted by Gasteiger charge is -2.18. The molecule has 0 bridgehead atoms. The highest BCUT2D eigenvalue weighted by molar-refractivity contribution is 5.65. The van der Waals surface area contributed by atoms with Gasteiger partial charge in [0, 0.05) is 0 Å². The molecule has 0 radical (unpaired) electrons. The van der Waals surface area contributed by atoms with Crippen molar-refractivity contribution in [1.82, 2.24) is 0 Å². The Balaban J connectivity index is 1.76. The molecule has 0 aromatic heterocycles. The van der Waals surface area contributed by atoms with Gasteiger partial charge in [0.05, 0.1) is 17.2 Å². The second kappa shape index (κ2) is 7.37. The van der Waals surface area contributed by atoms with Crippen LogP contribution < -0.4 is 4.74 Å². The first-order valence-electron chi connectivity index (χ1n) is 8.28. The third kappa shape index (κ3) is 3.89. The number of hydrogen-bond acceptors (Lipinski definition) is 2. The topological polar surface area (TPSA) is 33.0 Å². The van der Waals surface area contributed by atoms with E-state index in [0.29, 0.717) is 5.56 Å². The largest absolute Gasteiger partial charge is 0.429 e. The molecule has 0 amide bonds. The van der Waals surface area contributed by atoms with Gasteiger partial charge in [0.25, 0.3) is 0 Å². The Morgan fingerprint density at radius 3 is 1.88 bits per heavy atom. The van der Waals surface area contributed by atoms with E-state index < -0.39 is 6.11 Å². The van der Waals surface area contributed by atoms with Crippen LogP contribution >= 0.6 is 0 Å². The highest BCUT2D eigenvalue weighted by Crippen LogP contribution is 2.32. The number of rotatable bonds is 5. The lowest BCUT2D eigenvalue weighted by Crippen LogP contribution is -2.21. The number of alkyl halides is 2. The summed E-state index contributed by atoms with van der Waals surface area (Å²) in [5.41, 5.74) is 3.15. The maximum absolute atomic E-state index is 14.3. The monoisotopic (exact) mass is 349 g/mol. The molecule has 3 aromatic carbocycles. The quantitative estimate of drug-likeness (QED) is 0.573. The molecule has 130 valence electrons. The van der Waals surface area contributed by atoms with E-state index in [-0.39, 0.29) is 11.3 Å². The average Bonchev–Trinajstić information content (AvgIpc) is 2.68. The molecule has 0 saturated carbocycles. The van der Waals surface area contributed by atoms with Crippen molar-refractivity contribution in [3.63, 3.8) is 0 Å². The molecule has 0 heterocycles. The van der Waals surface area contributed by atoms with Crippen molar-refractivity contribution in [1.29, 1.82) is 5.26 Å². The minimum absolute atomic E-state index is 0.0898. The van der Waals surface area contributed by atoms with Crippen molar-refractivity contribution in [3.8, 4) is 22.9 Å². The van der Waals surface area contributed by atoms with Crippen molar-refractivity contribution in [2.45, 2.75) is 19.5 Å². The predicted octanol–water partition coefficient (Wildman–Crippen LogP) is 5.92. The van der Waals surface area contributed by atoms with Gasteiger partial charge in [0.2, 0.25) is 0 Å². The van der Waals surface area contributed by atoms with E-state index in [4.69, 9.17) is 10.00 Å². The maximum atomic E-state index is 14.3. The number of ether oxygens (including phenoxy) is 1. The first-order valence-corrected chi connectivity index (χ1v) is 8.28. The van der Waals surface area contributed by atoms with Crippen LogP contribution in [0.2, 0.25) is 0 Å². The van der Waals surface area contributed by atoms with Crippen LogP contribution in [-0.2, 0) is 12.5 Å². The van der Waals surface area contributed by atoms with Gasteiger partial charge in [-0.25, -0.2) is 0 Å². The van der Waals surface area contributed by atoms with Crippen LogP contribution in [0.5, 0.6) is 5.75 Å². The normalized spacial score (nSPS) is 11.0. The van der Waals surface area contributed by atoms with E-state index in [1.54, 1.807) is 36.4 Å². The lowest BCUT2D eigenvalue weighted by molar-refractivity contribution is -0.185. The Kier molecular flexibility index (Phi) is 4.99. The summed E-state index contributed by atoms with van der Waals surface area (Å²) in [6.45, 7) is 1.97. The second-order valence-corrected chi connectivity index (χ2v) is 5.88. The summed E-state index contributed by atoms with van der Waals surface area (Å²) in [6.07, 6.45) is -2.61. The SMILES string of the molecule is CCc1ccc(C(F)(F)Oc2ccc(-c3ccc(C#N)cc3)cc2)cc1. The molecule has 0 N–H and O–H groups in total. The maximum Gasteiger partial charge on any atom is 0.426 e. The van der Waals surface area contributed by atoms with Gasteiger partial charge in [-0.2, -0.15) is 14.0 Å². The van der Waals surface area contributed by atoms with Gasteiger partial charge in [0.1, 0.15) is 5.75 Å². The molecular formula is C22H17F2NO. The van der Waals surface area contributed by atoms with E-state index >= 15 is 0 Å². The van der Waals surface area contributed by atoms with Crippen molar-refractivity contribution >= 4 is 0 Å². The van der Waals surface area contributed by atoms with E-state index in [1.165, 1.54) is 24.3 Å². The Bertz CT molecular complexity index is 908. The van der Waals surface area contributed by atoms with E-state index in [9.17, 15) is 8.78 Å². The Hall–Kier alpha value is -3.19. The molecule has 0 saturated heterocycles. The van der Waals surface area contributed by atoms with Gasteiger partial charge < -0.3 is 4.74 Å². The number of hydrogen-bond donors (Lipinski definition) is 0. The van der Waals surface area contributed by atoms with Crippen LogP contribution in [0.25, 0.3) is 11.1 Å². The molecule has 3 rings (SSSR count). The average molecular weight is 349 g/mol. The molecule has 3 aromatic rings. The van der Waals surface area contributed by atoms with Crippen LogP contribution in [-0.4, -0.2) is 0 Å². The minimum atomic E-state index is -3.40. The predicted molar refractivity (Wildman–Crippen MR) is 96.9 cm³/mol. The van der Waals surface area contributed by atoms with E-state index in [0.717, 1.165) is 23.1 Å². The van der Waals surface area contributed by atoms with Crippen molar-refractivity contribution in [3.05, 3.63) is 89.5 Å². The summed E-state index contributed by atoms with van der Waals surface area (Å²) in [4.78, 5) is 0. The molecule has 0 spiro atoms. The molecule has 0 aliphatic heterocycles. The molecule has 0 unspecified atom stereocenters. The van der Waals surface area contributed by atoms with Crippen LogP contribution in [0.3, 0.4) is 0 Å². The first-order chi connectivity index (χ1) is 12.5. The van der Waals surface area contributed by atoms with Crippen molar-refractivity contribution in [2.75, 3.05) is 0 Å². The first kappa shape index (κ1) is 17.6. The van der Waals surface area contributed by atoms with Gasteiger partial charge in [-0.1, -0.05) is 43.3 Å². The van der Waals surface area contributed by atoms with Crippen LogP contribution in [0.4, 0.5) is 8.78 Å². The number of nitriles is 1. The number of aryl methyl sites for hydroxylation is 1. The number of nitrogens with zero attached hydrogens (tertiary/aromatic N) is 1. The fraction of sp³-hybridized carbons (Fsp3) is 0.136. The summed E-state index contributed by atoms with van der Waals surface area (Å²) in [7, 11) is 0. The van der Waals surface area contributed by atoms with Crippen LogP contribution in [0, 0.1) is 11.3 Å². The Morgan fingerprint density at radius 1 is 0.846 bits per heavy atom. The molecule has 0 atom stereocenters. The summed E-state index contributed by atoms with van der Waals surface area (Å²) >= 11 is 0. The molecule has 2 nitrogen and oxygen atoms in total. The fourth-order valence-corrected chi connectivity index (χ4v) is 2.59. The molecule has 4 heteroatoms. The van der Waals surface area contributed by atoms with Crippen molar-refractivity contribution < 1.29 is 13.5 Å². The summed E-state index contributed by atoms with van der Waals surface area (Å²) in [5.74, 6) is 0.0898. The third-order valence-electron chi connectivity index (χ3n) is 4.15. The smallest absolute Gasteiger partial charge is 0.426 e. The van der Waals surface area contributed by atoms with Gasteiger partial charge in [-0.05, 0) is 59.5 Å². The third-order valence-corrected chi connectivity index (χ3v) is 4.15. The zero-order chi connectivity index (χ0) is 18.6. The van der Waals surface area contributed by atoms with E-state index in [2.05, 4.69) is 6.07 Å². The second-order valence-electron chi connectivity index (χ2n) is 5.88. The fourth-order valence-electron chi connectivity index (χ4n) is 2.59. The number of halogens is 2. The van der Waals surface area contributed by atoms with Crippen LogP contribution in [0.1, 0.15) is 23.6 Å². The summed E-state index contributed by atoms with van der Waals surface area (Å²) in [6, 6.07) is 21.7. The Labute approximate surface area is 151 Å². The highest BCUT2D eigenvalue weighted by atomic mass is 19.3. The summed E-state index contributed by atoms with van der Waals surface area (Å²) < 4.78 is 33.6. The highest BCUT2D eigenvalue weighted by Gasteiger charge is 2.34. The zero-order valence-electron chi connectivity index (χ0n) is 14.2. The molecule has 0 aliphatic carbocycles. The lowest BCUT2D eigenvalue weighted by atomic mass is 10.0. The molecular weight excluding hydrogens is 332 g/mol. The van der Waals surface area contributed by atoms with Crippen LogP contribution in [0.15, 0.2) is 72.8 Å². The molecule has 26 heavy (non-hydrogen) atoms. The summed E-state index contributed by atoms with van der Waals surface area (Å²) in [5, 5.41) is 8.83.